The molecule has 82 valence electrons. The van der Waals surface area contributed by atoms with E-state index >= 15 is 0 Å². The van der Waals surface area contributed by atoms with Gasteiger partial charge in [-0.25, -0.2) is 0 Å². The van der Waals surface area contributed by atoms with Crippen LogP contribution in [0.3, 0.4) is 0 Å². The van der Waals surface area contributed by atoms with Gasteiger partial charge < -0.3 is 9.84 Å². The predicted octanol–water partition coefficient (Wildman–Crippen LogP) is 2.66. The largest absolute Gasteiger partial charge is 0.508 e. The molecule has 3 heteroatoms. The maximum Gasteiger partial charge on any atom is 0.308 e. The van der Waals surface area contributed by atoms with Gasteiger partial charge in [0, 0.05) is 6.92 Å². The van der Waals surface area contributed by atoms with Crippen molar-refractivity contribution in [2.75, 3.05) is 0 Å². The van der Waals surface area contributed by atoms with Crippen molar-refractivity contribution in [3.63, 3.8) is 0 Å². The second-order valence-corrected chi connectivity index (χ2v) is 3.49. The highest BCUT2D eigenvalue weighted by atomic mass is 16.5. The zero-order chi connectivity index (χ0) is 11.3. The van der Waals surface area contributed by atoms with Crippen molar-refractivity contribution in [2.24, 2.45) is 0 Å². The topological polar surface area (TPSA) is 46.5 Å². The van der Waals surface area contributed by atoms with Gasteiger partial charge in [0.2, 0.25) is 0 Å². The molecule has 3 nitrogen and oxygen atoms in total. The lowest BCUT2D eigenvalue weighted by Crippen LogP contribution is -2.03. The number of phenolic OH excluding ortho intramolecular Hbond substituents is 1. The van der Waals surface area contributed by atoms with Gasteiger partial charge in [0.05, 0.1) is 0 Å². The van der Waals surface area contributed by atoms with E-state index in [1.54, 1.807) is 12.1 Å². The molecule has 0 atom stereocenters. The van der Waals surface area contributed by atoms with Crippen molar-refractivity contribution in [2.45, 2.75) is 33.1 Å². The van der Waals surface area contributed by atoms with Crippen LogP contribution in [0, 0.1) is 0 Å². The Hall–Kier alpha value is -1.51. The van der Waals surface area contributed by atoms with Crippen LogP contribution in [0.15, 0.2) is 18.2 Å². The molecule has 0 aliphatic carbocycles. The Balaban J connectivity index is 2.87. The summed E-state index contributed by atoms with van der Waals surface area (Å²) in [7, 11) is 0. The molecule has 0 bridgehead atoms. The Morgan fingerprint density at radius 1 is 1.47 bits per heavy atom. The fourth-order valence-electron chi connectivity index (χ4n) is 1.38. The molecule has 0 saturated heterocycles. The van der Waals surface area contributed by atoms with Gasteiger partial charge in [-0.3, -0.25) is 4.79 Å². The first-order valence-electron chi connectivity index (χ1n) is 5.13. The summed E-state index contributed by atoms with van der Waals surface area (Å²) < 4.78 is 5.05. The lowest BCUT2D eigenvalue weighted by molar-refractivity contribution is -0.131. The van der Waals surface area contributed by atoms with Crippen LogP contribution in [-0.2, 0) is 11.2 Å². The van der Waals surface area contributed by atoms with Crippen LogP contribution < -0.4 is 4.74 Å². The molecule has 0 unspecified atom stereocenters. The molecule has 0 aliphatic heterocycles. The third-order valence-electron chi connectivity index (χ3n) is 2.10. The van der Waals surface area contributed by atoms with Crippen molar-refractivity contribution in [1.82, 2.24) is 0 Å². The van der Waals surface area contributed by atoms with E-state index in [1.165, 1.54) is 13.0 Å². The van der Waals surface area contributed by atoms with Gasteiger partial charge >= 0.3 is 5.97 Å². The summed E-state index contributed by atoms with van der Waals surface area (Å²) in [6.07, 6.45) is 2.89. The zero-order valence-corrected chi connectivity index (χ0v) is 9.12. The van der Waals surface area contributed by atoms with E-state index in [9.17, 15) is 9.90 Å². The molecule has 1 N–H and O–H groups in total. The van der Waals surface area contributed by atoms with Gasteiger partial charge in [-0.1, -0.05) is 13.3 Å². The van der Waals surface area contributed by atoms with E-state index in [0.717, 1.165) is 24.8 Å². The number of rotatable bonds is 4. The molecule has 0 radical (unpaired) electrons. The molecule has 0 heterocycles. The van der Waals surface area contributed by atoms with Crippen LogP contribution >= 0.6 is 0 Å². The van der Waals surface area contributed by atoms with Crippen LogP contribution in [-0.4, -0.2) is 11.1 Å². The minimum absolute atomic E-state index is 0.206. The monoisotopic (exact) mass is 208 g/mol. The number of hydrogen-bond acceptors (Lipinski definition) is 3. The Kier molecular flexibility index (Phi) is 4.16. The summed E-state index contributed by atoms with van der Waals surface area (Å²) in [5.74, 6) is 0.421. The second-order valence-electron chi connectivity index (χ2n) is 3.49. The highest BCUT2D eigenvalue weighted by molar-refractivity contribution is 5.70. The SMILES string of the molecule is CCCCc1cc(O)ccc1OC(C)=O. The van der Waals surface area contributed by atoms with Gasteiger partial charge in [-0.15, -0.1) is 0 Å². The Morgan fingerprint density at radius 2 is 2.20 bits per heavy atom. The van der Waals surface area contributed by atoms with Gasteiger partial charge in [-0.05, 0) is 36.6 Å². The first kappa shape index (κ1) is 11.6. The van der Waals surface area contributed by atoms with Crippen LogP contribution in [0.2, 0.25) is 0 Å². The summed E-state index contributed by atoms with van der Waals surface area (Å²) in [4.78, 5) is 10.8. The van der Waals surface area contributed by atoms with Crippen molar-refractivity contribution in [1.29, 1.82) is 0 Å². The number of carbonyl (C=O) groups is 1. The van der Waals surface area contributed by atoms with E-state index in [2.05, 4.69) is 6.92 Å². The summed E-state index contributed by atoms with van der Waals surface area (Å²) in [5, 5.41) is 9.33. The number of aromatic hydroxyl groups is 1. The predicted molar refractivity (Wildman–Crippen MR) is 58.0 cm³/mol. The maximum atomic E-state index is 10.8. The van der Waals surface area contributed by atoms with Crippen molar-refractivity contribution < 1.29 is 14.6 Å². The first-order chi connectivity index (χ1) is 7.13. The highest BCUT2D eigenvalue weighted by Crippen LogP contribution is 2.25. The molecule has 0 saturated carbocycles. The van der Waals surface area contributed by atoms with E-state index in [1.807, 2.05) is 0 Å². The molecule has 0 amide bonds. The highest BCUT2D eigenvalue weighted by Gasteiger charge is 2.06. The number of esters is 1. The fourth-order valence-corrected chi connectivity index (χ4v) is 1.38. The quantitative estimate of drug-likeness (QED) is 0.611. The Bertz CT molecular complexity index is 345. The Morgan fingerprint density at radius 3 is 2.80 bits per heavy atom. The second kappa shape index (κ2) is 5.39. The van der Waals surface area contributed by atoms with E-state index in [0.29, 0.717) is 5.75 Å². The van der Waals surface area contributed by atoms with Gasteiger partial charge in [0.15, 0.2) is 0 Å². The number of benzene rings is 1. The minimum atomic E-state index is -0.335. The Labute approximate surface area is 89.7 Å². The molecule has 0 spiro atoms. The standard InChI is InChI=1S/C12H16O3/c1-3-4-5-10-8-11(14)6-7-12(10)15-9(2)13/h6-8,14H,3-5H2,1-2H3. The lowest BCUT2D eigenvalue weighted by atomic mass is 10.1. The van der Waals surface area contributed by atoms with E-state index in [4.69, 9.17) is 4.74 Å². The van der Waals surface area contributed by atoms with Gasteiger partial charge in [0.1, 0.15) is 11.5 Å². The average molecular weight is 208 g/mol. The number of phenols is 1. The van der Waals surface area contributed by atoms with Crippen molar-refractivity contribution in [3.05, 3.63) is 23.8 Å². The molecule has 0 fully saturated rings. The average Bonchev–Trinajstić information content (AvgIpc) is 2.18. The number of unbranched alkanes of at least 4 members (excludes halogenated alkanes) is 1. The summed E-state index contributed by atoms with van der Waals surface area (Å²) in [5.41, 5.74) is 0.882. The third-order valence-corrected chi connectivity index (χ3v) is 2.10. The van der Waals surface area contributed by atoms with Gasteiger partial charge in [-0.2, -0.15) is 0 Å². The maximum absolute atomic E-state index is 10.8. The number of hydrogen-bond donors (Lipinski definition) is 1. The van der Waals surface area contributed by atoms with E-state index < -0.39 is 0 Å². The number of aryl methyl sites for hydroxylation is 1. The fraction of sp³-hybridized carbons (Fsp3) is 0.417. The summed E-state index contributed by atoms with van der Waals surface area (Å²) in [6, 6.07) is 4.80. The first-order valence-corrected chi connectivity index (χ1v) is 5.13. The lowest BCUT2D eigenvalue weighted by Gasteiger charge is -2.08. The molecule has 0 aliphatic rings. The minimum Gasteiger partial charge on any atom is -0.508 e. The molecule has 1 rings (SSSR count). The van der Waals surface area contributed by atoms with Gasteiger partial charge in [0.25, 0.3) is 0 Å². The smallest absolute Gasteiger partial charge is 0.308 e. The van der Waals surface area contributed by atoms with Crippen LogP contribution in [0.25, 0.3) is 0 Å². The van der Waals surface area contributed by atoms with E-state index in [-0.39, 0.29) is 11.7 Å². The third kappa shape index (κ3) is 3.62. The van der Waals surface area contributed by atoms with Crippen molar-refractivity contribution in [3.8, 4) is 11.5 Å². The molecule has 1 aromatic rings. The molecule has 0 aromatic heterocycles. The van der Waals surface area contributed by atoms with Crippen LogP contribution in [0.5, 0.6) is 11.5 Å². The molecule has 15 heavy (non-hydrogen) atoms. The summed E-state index contributed by atoms with van der Waals surface area (Å²) in [6.45, 7) is 3.46. The van der Waals surface area contributed by atoms with Crippen LogP contribution in [0.4, 0.5) is 0 Å². The summed E-state index contributed by atoms with van der Waals surface area (Å²) >= 11 is 0. The van der Waals surface area contributed by atoms with Crippen LogP contribution in [0.1, 0.15) is 32.3 Å². The normalized spacial score (nSPS) is 10.0. The molecular formula is C12H16O3. The zero-order valence-electron chi connectivity index (χ0n) is 9.12. The number of carbonyl (C=O) groups excluding carboxylic acids is 1. The molecule has 1 aromatic carbocycles. The van der Waals surface area contributed by atoms with Crippen molar-refractivity contribution >= 4 is 5.97 Å². The molecular weight excluding hydrogens is 192 g/mol. The number of ether oxygens (including phenoxy) is 1.